The summed E-state index contributed by atoms with van der Waals surface area (Å²) in [6.45, 7) is 0.715. The Morgan fingerprint density at radius 3 is 2.81 bits per heavy atom. The summed E-state index contributed by atoms with van der Waals surface area (Å²) in [6.07, 6.45) is 8.30. The van der Waals surface area contributed by atoms with Crippen molar-refractivity contribution in [2.45, 2.75) is 44.6 Å². The van der Waals surface area contributed by atoms with Crippen LogP contribution >= 0.6 is 0 Å². The predicted molar refractivity (Wildman–Crippen MR) is 78.0 cm³/mol. The zero-order valence-electron chi connectivity index (χ0n) is 12.0. The van der Waals surface area contributed by atoms with E-state index in [2.05, 4.69) is 10.4 Å². The van der Waals surface area contributed by atoms with E-state index < -0.39 is 5.82 Å². The Balaban J connectivity index is 1.84. The number of carbonyl (C=O) groups is 1. The van der Waals surface area contributed by atoms with E-state index in [9.17, 15) is 9.18 Å². The van der Waals surface area contributed by atoms with Crippen molar-refractivity contribution in [1.82, 2.24) is 9.88 Å². The molecule has 1 aromatic heterocycles. The summed E-state index contributed by atoms with van der Waals surface area (Å²) in [5, 5.41) is 0. The standard InChI is InChI=1S/C15H21FN4O/c16-13-11(7-8-18-14(13)19-17)15(21)20-9-3-6-12(20)10-4-1-2-5-10/h7-8,10,12H,1-6,9,17H2,(H,18,19). The molecule has 0 bridgehead atoms. The molecule has 0 radical (unpaired) electrons. The quantitative estimate of drug-likeness (QED) is 0.662. The Morgan fingerprint density at radius 2 is 2.10 bits per heavy atom. The Hall–Kier alpha value is -1.69. The van der Waals surface area contributed by atoms with Crippen molar-refractivity contribution in [3.63, 3.8) is 0 Å². The molecule has 3 rings (SSSR count). The molecule has 1 aliphatic heterocycles. The number of anilines is 1. The van der Waals surface area contributed by atoms with Crippen molar-refractivity contribution < 1.29 is 9.18 Å². The number of amides is 1. The Labute approximate surface area is 123 Å². The normalized spacial score (nSPS) is 22.8. The molecule has 5 nitrogen and oxygen atoms in total. The second-order valence-electron chi connectivity index (χ2n) is 5.92. The maximum atomic E-state index is 14.2. The lowest BCUT2D eigenvalue weighted by molar-refractivity contribution is 0.0684. The van der Waals surface area contributed by atoms with Gasteiger partial charge in [-0.05, 0) is 37.7 Å². The average Bonchev–Trinajstić information content (AvgIpc) is 3.17. The lowest BCUT2D eigenvalue weighted by Gasteiger charge is -2.29. The van der Waals surface area contributed by atoms with Gasteiger partial charge in [0.15, 0.2) is 11.6 Å². The number of pyridine rings is 1. The molecule has 0 spiro atoms. The molecule has 1 unspecified atom stereocenters. The highest BCUT2D eigenvalue weighted by atomic mass is 19.1. The Morgan fingerprint density at radius 1 is 1.33 bits per heavy atom. The summed E-state index contributed by atoms with van der Waals surface area (Å²) in [7, 11) is 0. The molecule has 1 saturated heterocycles. The molecule has 1 saturated carbocycles. The molecular weight excluding hydrogens is 271 g/mol. The SMILES string of the molecule is NNc1nccc(C(=O)N2CCCC2C2CCCC2)c1F. The highest BCUT2D eigenvalue weighted by molar-refractivity contribution is 5.95. The highest BCUT2D eigenvalue weighted by Gasteiger charge is 2.37. The van der Waals surface area contributed by atoms with Crippen molar-refractivity contribution in [1.29, 1.82) is 0 Å². The molecular formula is C15H21FN4O. The van der Waals surface area contributed by atoms with Crippen molar-refractivity contribution >= 4 is 11.7 Å². The van der Waals surface area contributed by atoms with E-state index in [4.69, 9.17) is 5.84 Å². The number of aromatic nitrogens is 1. The summed E-state index contributed by atoms with van der Waals surface area (Å²) in [5.74, 6) is 4.81. The van der Waals surface area contributed by atoms with E-state index in [0.717, 1.165) is 12.8 Å². The molecule has 1 amide bonds. The monoisotopic (exact) mass is 292 g/mol. The van der Waals surface area contributed by atoms with Gasteiger partial charge in [-0.1, -0.05) is 12.8 Å². The minimum Gasteiger partial charge on any atom is -0.335 e. The number of hydrazine groups is 1. The van der Waals surface area contributed by atoms with Crippen molar-refractivity contribution in [2.24, 2.45) is 11.8 Å². The van der Waals surface area contributed by atoms with Crippen LogP contribution in [0.1, 0.15) is 48.9 Å². The zero-order chi connectivity index (χ0) is 14.8. The van der Waals surface area contributed by atoms with Crippen LogP contribution in [0.2, 0.25) is 0 Å². The first kappa shape index (κ1) is 14.3. The van der Waals surface area contributed by atoms with Crippen LogP contribution in [0.5, 0.6) is 0 Å². The predicted octanol–water partition coefficient (Wildman–Crippen LogP) is 2.30. The lowest BCUT2D eigenvalue weighted by Crippen LogP contribution is -2.39. The van der Waals surface area contributed by atoms with Gasteiger partial charge in [0.1, 0.15) is 0 Å². The molecule has 2 fully saturated rings. The van der Waals surface area contributed by atoms with Gasteiger partial charge < -0.3 is 10.3 Å². The molecule has 2 heterocycles. The number of nitrogens with zero attached hydrogens (tertiary/aromatic N) is 2. The first-order chi connectivity index (χ1) is 10.2. The fourth-order valence-corrected chi connectivity index (χ4v) is 3.74. The summed E-state index contributed by atoms with van der Waals surface area (Å²) in [5.41, 5.74) is 2.25. The van der Waals surface area contributed by atoms with Crippen LogP contribution in [-0.4, -0.2) is 28.4 Å². The topological polar surface area (TPSA) is 71.2 Å². The van der Waals surface area contributed by atoms with Gasteiger partial charge in [0.05, 0.1) is 5.56 Å². The number of rotatable bonds is 3. The Kier molecular flexibility index (Phi) is 4.05. The number of nitrogens with two attached hydrogens (primary N) is 1. The summed E-state index contributed by atoms with van der Waals surface area (Å²) in [6, 6.07) is 1.70. The van der Waals surface area contributed by atoms with Gasteiger partial charge in [0.2, 0.25) is 0 Å². The first-order valence-corrected chi connectivity index (χ1v) is 7.64. The van der Waals surface area contributed by atoms with Crippen LogP contribution in [0.25, 0.3) is 0 Å². The van der Waals surface area contributed by atoms with Gasteiger partial charge >= 0.3 is 0 Å². The number of nitrogen functional groups attached to an aromatic ring is 1. The van der Waals surface area contributed by atoms with Gasteiger partial charge in [-0.2, -0.15) is 0 Å². The zero-order valence-corrected chi connectivity index (χ0v) is 12.0. The van der Waals surface area contributed by atoms with Crippen LogP contribution in [0, 0.1) is 11.7 Å². The van der Waals surface area contributed by atoms with E-state index in [-0.39, 0.29) is 23.3 Å². The number of likely N-dealkylation sites (tertiary alicyclic amines) is 1. The minimum atomic E-state index is -0.665. The third-order valence-corrected chi connectivity index (χ3v) is 4.76. The first-order valence-electron chi connectivity index (χ1n) is 7.64. The fraction of sp³-hybridized carbons (Fsp3) is 0.600. The molecule has 1 atom stereocenters. The maximum Gasteiger partial charge on any atom is 0.257 e. The largest absolute Gasteiger partial charge is 0.335 e. The number of nitrogens with one attached hydrogen (secondary N) is 1. The molecule has 2 aliphatic rings. The van der Waals surface area contributed by atoms with Crippen LogP contribution in [0.3, 0.4) is 0 Å². The van der Waals surface area contributed by atoms with Crippen molar-refractivity contribution in [3.8, 4) is 0 Å². The fourth-order valence-electron chi connectivity index (χ4n) is 3.74. The molecule has 1 aromatic rings. The van der Waals surface area contributed by atoms with Gasteiger partial charge in [0.25, 0.3) is 5.91 Å². The van der Waals surface area contributed by atoms with Gasteiger partial charge in [-0.3, -0.25) is 4.79 Å². The van der Waals surface area contributed by atoms with E-state index in [1.807, 2.05) is 4.90 Å². The highest BCUT2D eigenvalue weighted by Crippen LogP contribution is 2.36. The van der Waals surface area contributed by atoms with Gasteiger partial charge in [0, 0.05) is 18.8 Å². The minimum absolute atomic E-state index is 0.0582. The number of hydrogen-bond donors (Lipinski definition) is 2. The maximum absolute atomic E-state index is 14.2. The summed E-state index contributed by atoms with van der Waals surface area (Å²) < 4.78 is 14.2. The lowest BCUT2D eigenvalue weighted by atomic mass is 9.95. The summed E-state index contributed by atoms with van der Waals surface area (Å²) in [4.78, 5) is 18.3. The van der Waals surface area contributed by atoms with Crippen LogP contribution < -0.4 is 11.3 Å². The Bertz CT molecular complexity index is 530. The molecule has 0 aromatic carbocycles. The van der Waals surface area contributed by atoms with Crippen LogP contribution in [0.4, 0.5) is 10.2 Å². The van der Waals surface area contributed by atoms with E-state index in [0.29, 0.717) is 12.5 Å². The number of halogens is 1. The van der Waals surface area contributed by atoms with Crippen molar-refractivity contribution in [3.05, 3.63) is 23.6 Å². The number of hydrogen-bond acceptors (Lipinski definition) is 4. The molecule has 1 aliphatic carbocycles. The molecule has 3 N–H and O–H groups in total. The van der Waals surface area contributed by atoms with E-state index in [1.165, 1.54) is 37.9 Å². The van der Waals surface area contributed by atoms with Crippen LogP contribution in [-0.2, 0) is 0 Å². The second kappa shape index (κ2) is 5.97. The van der Waals surface area contributed by atoms with Crippen molar-refractivity contribution in [2.75, 3.05) is 12.0 Å². The molecule has 21 heavy (non-hydrogen) atoms. The third kappa shape index (κ3) is 2.60. The van der Waals surface area contributed by atoms with E-state index >= 15 is 0 Å². The van der Waals surface area contributed by atoms with Gasteiger partial charge in [-0.25, -0.2) is 15.2 Å². The third-order valence-electron chi connectivity index (χ3n) is 4.76. The second-order valence-corrected chi connectivity index (χ2v) is 5.92. The molecule has 6 heteroatoms. The number of carbonyl (C=O) groups excluding carboxylic acids is 1. The molecule has 114 valence electrons. The van der Waals surface area contributed by atoms with Crippen LogP contribution in [0.15, 0.2) is 12.3 Å². The van der Waals surface area contributed by atoms with Gasteiger partial charge in [-0.15, -0.1) is 0 Å². The average molecular weight is 292 g/mol. The summed E-state index contributed by atoms with van der Waals surface area (Å²) >= 11 is 0. The smallest absolute Gasteiger partial charge is 0.257 e. The van der Waals surface area contributed by atoms with E-state index in [1.54, 1.807) is 0 Å².